The number of nitrogens with one attached hydrogen (secondary N) is 1. The Balaban J connectivity index is 0.00000144. The Hall–Kier alpha value is -0.940. The average Bonchev–Trinajstić information content (AvgIpc) is 2.69. The molecule has 0 aliphatic carbocycles. The summed E-state index contributed by atoms with van der Waals surface area (Å²) in [4.78, 5) is 0. The summed E-state index contributed by atoms with van der Waals surface area (Å²) in [6, 6.07) is 6.31. The quantitative estimate of drug-likeness (QED) is 0.886. The van der Waals surface area contributed by atoms with Crippen molar-refractivity contribution in [2.75, 3.05) is 6.54 Å². The van der Waals surface area contributed by atoms with Gasteiger partial charge in [-0.05, 0) is 37.1 Å². The minimum atomic E-state index is -4.62. The van der Waals surface area contributed by atoms with Crippen molar-refractivity contribution >= 4 is 12.4 Å². The van der Waals surface area contributed by atoms with E-state index in [2.05, 4.69) is 10.1 Å². The molecule has 0 saturated carbocycles. The normalized spacial score (nSPS) is 19.8. The van der Waals surface area contributed by atoms with Crippen LogP contribution in [-0.2, 0) is 0 Å². The van der Waals surface area contributed by atoms with Gasteiger partial charge in [0.25, 0.3) is 0 Å². The van der Waals surface area contributed by atoms with Gasteiger partial charge >= 0.3 is 6.36 Å². The highest BCUT2D eigenvalue weighted by atomic mass is 35.5. The Morgan fingerprint density at radius 1 is 1.18 bits per heavy atom. The van der Waals surface area contributed by atoms with Gasteiger partial charge in [-0.25, -0.2) is 0 Å². The van der Waals surface area contributed by atoms with Crippen molar-refractivity contribution in [3.63, 3.8) is 0 Å². The zero-order valence-corrected chi connectivity index (χ0v) is 9.77. The molecular weight excluding hydrogens is 255 g/mol. The second-order valence-corrected chi connectivity index (χ2v) is 3.77. The van der Waals surface area contributed by atoms with Crippen LogP contribution < -0.4 is 10.1 Å². The molecule has 0 spiro atoms. The predicted octanol–water partition coefficient (Wildman–Crippen LogP) is 3.43. The first kappa shape index (κ1) is 14.1. The summed E-state index contributed by atoms with van der Waals surface area (Å²) in [5, 5.41) is 3.28. The molecule has 6 heteroatoms. The maximum absolute atomic E-state index is 11.9. The predicted molar refractivity (Wildman–Crippen MR) is 60.4 cm³/mol. The summed E-state index contributed by atoms with van der Waals surface area (Å²) in [6.45, 7) is 0.964. The highest BCUT2D eigenvalue weighted by molar-refractivity contribution is 5.85. The van der Waals surface area contributed by atoms with E-state index >= 15 is 0 Å². The fourth-order valence-corrected chi connectivity index (χ4v) is 1.87. The van der Waals surface area contributed by atoms with Crippen molar-refractivity contribution in [3.05, 3.63) is 29.8 Å². The SMILES string of the molecule is Cl.FC(F)(F)Oc1ccc([C@H]2CCCN2)cc1. The summed E-state index contributed by atoms with van der Waals surface area (Å²) < 4.78 is 39.5. The van der Waals surface area contributed by atoms with Gasteiger partial charge in [-0.2, -0.15) is 0 Å². The molecule has 17 heavy (non-hydrogen) atoms. The molecule has 2 rings (SSSR count). The van der Waals surface area contributed by atoms with Gasteiger partial charge in [-0.1, -0.05) is 12.1 Å². The van der Waals surface area contributed by atoms with Crippen LogP contribution in [0.2, 0.25) is 0 Å². The van der Waals surface area contributed by atoms with E-state index in [0.29, 0.717) is 0 Å². The first-order valence-corrected chi connectivity index (χ1v) is 5.14. The summed E-state index contributed by atoms with van der Waals surface area (Å²) in [5.41, 5.74) is 1.01. The topological polar surface area (TPSA) is 21.3 Å². The largest absolute Gasteiger partial charge is 0.573 e. The number of alkyl halides is 3. The van der Waals surface area contributed by atoms with Gasteiger partial charge in [0.1, 0.15) is 5.75 Å². The molecule has 0 bridgehead atoms. The minimum Gasteiger partial charge on any atom is -0.406 e. The van der Waals surface area contributed by atoms with Gasteiger partial charge in [0.15, 0.2) is 0 Å². The summed E-state index contributed by atoms with van der Waals surface area (Å²) in [6.07, 6.45) is -2.49. The van der Waals surface area contributed by atoms with E-state index in [9.17, 15) is 13.2 Å². The Morgan fingerprint density at radius 2 is 1.82 bits per heavy atom. The Kier molecular flexibility index (Phi) is 4.65. The lowest BCUT2D eigenvalue weighted by Crippen LogP contribution is -2.17. The molecule has 96 valence electrons. The van der Waals surface area contributed by atoms with E-state index in [1.165, 1.54) is 12.1 Å². The molecule has 0 amide bonds. The van der Waals surface area contributed by atoms with Crippen LogP contribution in [0, 0.1) is 0 Å². The van der Waals surface area contributed by atoms with E-state index in [1.807, 2.05) is 0 Å². The summed E-state index contributed by atoms with van der Waals surface area (Å²) in [7, 11) is 0. The van der Waals surface area contributed by atoms with E-state index in [-0.39, 0.29) is 24.2 Å². The summed E-state index contributed by atoms with van der Waals surface area (Å²) in [5.74, 6) is -0.172. The zero-order valence-electron chi connectivity index (χ0n) is 8.96. The van der Waals surface area contributed by atoms with Gasteiger partial charge in [-0.15, -0.1) is 25.6 Å². The molecule has 0 aromatic heterocycles. The average molecular weight is 268 g/mol. The molecule has 1 aliphatic rings. The van der Waals surface area contributed by atoms with E-state index in [4.69, 9.17) is 0 Å². The lowest BCUT2D eigenvalue weighted by molar-refractivity contribution is -0.274. The molecule has 1 heterocycles. The van der Waals surface area contributed by atoms with Crippen LogP contribution in [0.15, 0.2) is 24.3 Å². The van der Waals surface area contributed by atoms with Crippen LogP contribution in [0.1, 0.15) is 24.4 Å². The number of halogens is 4. The molecule has 1 N–H and O–H groups in total. The molecule has 1 aliphatic heterocycles. The van der Waals surface area contributed by atoms with Crippen LogP contribution >= 0.6 is 12.4 Å². The summed E-state index contributed by atoms with van der Waals surface area (Å²) >= 11 is 0. The van der Waals surface area contributed by atoms with Crippen molar-refractivity contribution in [2.24, 2.45) is 0 Å². The minimum absolute atomic E-state index is 0. The molecule has 1 aromatic rings. The second-order valence-electron chi connectivity index (χ2n) is 3.77. The number of hydrogen-bond acceptors (Lipinski definition) is 2. The molecule has 1 aromatic carbocycles. The van der Waals surface area contributed by atoms with Crippen LogP contribution in [0.4, 0.5) is 13.2 Å². The Morgan fingerprint density at radius 3 is 2.29 bits per heavy atom. The second kappa shape index (κ2) is 5.60. The maximum Gasteiger partial charge on any atom is 0.573 e. The van der Waals surface area contributed by atoms with Gasteiger partial charge in [0.2, 0.25) is 0 Å². The van der Waals surface area contributed by atoms with Crippen molar-refractivity contribution in [3.8, 4) is 5.75 Å². The number of ether oxygens (including phenoxy) is 1. The Bertz CT molecular complexity index is 347. The third kappa shape index (κ3) is 4.09. The number of hydrogen-bond donors (Lipinski definition) is 1. The highest BCUT2D eigenvalue weighted by Gasteiger charge is 2.31. The third-order valence-electron chi connectivity index (χ3n) is 2.58. The van der Waals surface area contributed by atoms with Crippen molar-refractivity contribution in [2.45, 2.75) is 25.2 Å². The van der Waals surface area contributed by atoms with Crippen LogP contribution in [0.3, 0.4) is 0 Å². The first-order chi connectivity index (χ1) is 7.54. The van der Waals surface area contributed by atoms with E-state index in [1.54, 1.807) is 12.1 Å². The fraction of sp³-hybridized carbons (Fsp3) is 0.455. The molecule has 1 saturated heterocycles. The number of rotatable bonds is 2. The Labute approximate surface area is 104 Å². The van der Waals surface area contributed by atoms with Crippen LogP contribution in [-0.4, -0.2) is 12.9 Å². The molecule has 2 nitrogen and oxygen atoms in total. The lowest BCUT2D eigenvalue weighted by atomic mass is 10.1. The maximum atomic E-state index is 11.9. The van der Waals surface area contributed by atoms with Gasteiger partial charge in [0, 0.05) is 6.04 Å². The van der Waals surface area contributed by atoms with Crippen LogP contribution in [0.25, 0.3) is 0 Å². The fourth-order valence-electron chi connectivity index (χ4n) is 1.87. The molecule has 0 unspecified atom stereocenters. The zero-order chi connectivity index (χ0) is 11.6. The smallest absolute Gasteiger partial charge is 0.406 e. The first-order valence-electron chi connectivity index (χ1n) is 5.14. The van der Waals surface area contributed by atoms with Crippen molar-refractivity contribution < 1.29 is 17.9 Å². The monoisotopic (exact) mass is 267 g/mol. The van der Waals surface area contributed by atoms with Gasteiger partial charge in [0.05, 0.1) is 0 Å². The van der Waals surface area contributed by atoms with Gasteiger partial charge < -0.3 is 10.1 Å². The van der Waals surface area contributed by atoms with E-state index < -0.39 is 6.36 Å². The molecular formula is C11H13ClF3NO. The highest BCUT2D eigenvalue weighted by Crippen LogP contribution is 2.27. The van der Waals surface area contributed by atoms with Crippen LogP contribution in [0.5, 0.6) is 5.75 Å². The molecule has 0 radical (unpaired) electrons. The van der Waals surface area contributed by atoms with E-state index in [0.717, 1.165) is 24.9 Å². The lowest BCUT2D eigenvalue weighted by Gasteiger charge is -2.12. The van der Waals surface area contributed by atoms with Crippen molar-refractivity contribution in [1.82, 2.24) is 5.32 Å². The van der Waals surface area contributed by atoms with Crippen molar-refractivity contribution in [1.29, 1.82) is 0 Å². The molecule has 1 atom stereocenters. The standard InChI is InChI=1S/C11H12F3NO.ClH/c12-11(13,14)16-9-5-3-8(4-6-9)10-2-1-7-15-10;/h3-6,10,15H,1-2,7H2;1H/t10-;/m1./s1. The third-order valence-corrected chi connectivity index (χ3v) is 2.58. The molecule has 1 fully saturated rings. The number of benzene rings is 1. The van der Waals surface area contributed by atoms with Gasteiger partial charge in [-0.3, -0.25) is 0 Å².